The van der Waals surface area contributed by atoms with E-state index in [-0.39, 0.29) is 12.0 Å². The largest absolute Gasteiger partial charge is 0.445 e. The fourth-order valence-corrected chi connectivity index (χ4v) is 3.70. The van der Waals surface area contributed by atoms with Crippen LogP contribution in [0.2, 0.25) is 0 Å². The number of pyridine rings is 1. The molecular formula is C23H27N3O3. The van der Waals surface area contributed by atoms with Crippen molar-refractivity contribution in [2.45, 2.75) is 38.2 Å². The van der Waals surface area contributed by atoms with Crippen LogP contribution in [0.1, 0.15) is 53.1 Å². The van der Waals surface area contributed by atoms with Crippen LogP contribution >= 0.6 is 0 Å². The highest BCUT2D eigenvalue weighted by atomic mass is 16.6. The summed E-state index contributed by atoms with van der Waals surface area (Å²) < 4.78 is 5.49. The Morgan fingerprint density at radius 2 is 1.69 bits per heavy atom. The Morgan fingerprint density at radius 1 is 1.00 bits per heavy atom. The van der Waals surface area contributed by atoms with Crippen LogP contribution < -0.4 is 5.32 Å². The molecule has 2 amide bonds. The van der Waals surface area contributed by atoms with E-state index in [2.05, 4.69) is 34.6 Å². The smallest absolute Gasteiger partial charge is 0.410 e. The molecule has 2 fully saturated rings. The van der Waals surface area contributed by atoms with Crippen molar-refractivity contribution >= 4 is 12.0 Å². The van der Waals surface area contributed by atoms with E-state index < -0.39 is 0 Å². The molecule has 1 N–H and O–H groups in total. The maximum absolute atomic E-state index is 12.3. The topological polar surface area (TPSA) is 71.5 Å². The van der Waals surface area contributed by atoms with Gasteiger partial charge in [0.25, 0.3) is 5.91 Å². The quantitative estimate of drug-likeness (QED) is 0.812. The summed E-state index contributed by atoms with van der Waals surface area (Å²) in [6.07, 6.45) is 7.27. The van der Waals surface area contributed by atoms with Crippen molar-refractivity contribution in [1.82, 2.24) is 15.2 Å². The van der Waals surface area contributed by atoms with Gasteiger partial charge in [0.1, 0.15) is 6.61 Å². The summed E-state index contributed by atoms with van der Waals surface area (Å²) in [7, 11) is 0. The molecule has 1 aliphatic carbocycles. The molecule has 6 heteroatoms. The normalized spacial score (nSPS) is 17.0. The Hall–Kier alpha value is -2.89. The van der Waals surface area contributed by atoms with Crippen molar-refractivity contribution in [3.8, 4) is 0 Å². The van der Waals surface area contributed by atoms with Gasteiger partial charge in [-0.1, -0.05) is 24.3 Å². The van der Waals surface area contributed by atoms with Crippen molar-refractivity contribution in [3.63, 3.8) is 0 Å². The minimum atomic E-state index is -0.254. The lowest BCUT2D eigenvalue weighted by Crippen LogP contribution is -2.41. The van der Waals surface area contributed by atoms with Gasteiger partial charge in [-0.2, -0.15) is 0 Å². The highest BCUT2D eigenvalue weighted by Gasteiger charge is 2.25. The monoisotopic (exact) mass is 393 g/mol. The average Bonchev–Trinajstić information content (AvgIpc) is 3.63. The van der Waals surface area contributed by atoms with Gasteiger partial charge in [0.05, 0.1) is 0 Å². The Kier molecular flexibility index (Phi) is 6.08. The van der Waals surface area contributed by atoms with Crippen LogP contribution in [0.25, 0.3) is 0 Å². The van der Waals surface area contributed by atoms with Crippen molar-refractivity contribution in [3.05, 3.63) is 65.5 Å². The number of likely N-dealkylation sites (tertiary alicyclic amines) is 1. The maximum atomic E-state index is 12.3. The zero-order valence-electron chi connectivity index (χ0n) is 16.5. The molecule has 4 rings (SSSR count). The predicted octanol–water partition coefficient (Wildman–Crippen LogP) is 3.74. The van der Waals surface area contributed by atoms with Gasteiger partial charge in [0, 0.05) is 37.6 Å². The van der Waals surface area contributed by atoms with Crippen LogP contribution in [0.5, 0.6) is 0 Å². The van der Waals surface area contributed by atoms with Gasteiger partial charge in [-0.05, 0) is 60.8 Å². The van der Waals surface area contributed by atoms with Gasteiger partial charge in [-0.25, -0.2) is 4.79 Å². The summed E-state index contributed by atoms with van der Waals surface area (Å²) >= 11 is 0. The molecular weight excluding hydrogens is 366 g/mol. The molecule has 6 nitrogen and oxygen atoms in total. The van der Waals surface area contributed by atoms with E-state index in [1.165, 1.54) is 18.4 Å². The molecule has 1 saturated carbocycles. The SMILES string of the molecule is O=C(NCC1CCN(C(=O)OCc2ccc(C3CC3)cc2)CC1)c1ccncc1. The maximum Gasteiger partial charge on any atom is 0.410 e. The van der Waals surface area contributed by atoms with Crippen molar-refractivity contribution in [1.29, 1.82) is 0 Å². The molecule has 2 aromatic rings. The molecule has 0 radical (unpaired) electrons. The fraction of sp³-hybridized carbons (Fsp3) is 0.435. The third-order valence-electron chi connectivity index (χ3n) is 5.76. The lowest BCUT2D eigenvalue weighted by molar-refractivity contribution is 0.0800. The number of carbonyl (C=O) groups excluding carboxylic acids is 2. The molecule has 0 unspecified atom stereocenters. The highest BCUT2D eigenvalue weighted by molar-refractivity contribution is 5.93. The third-order valence-corrected chi connectivity index (χ3v) is 5.76. The van der Waals surface area contributed by atoms with E-state index in [4.69, 9.17) is 4.74 Å². The van der Waals surface area contributed by atoms with Crippen LogP contribution in [0.4, 0.5) is 4.79 Å². The lowest BCUT2D eigenvalue weighted by atomic mass is 9.97. The molecule has 2 heterocycles. The third kappa shape index (κ3) is 5.34. The summed E-state index contributed by atoms with van der Waals surface area (Å²) in [6, 6.07) is 11.8. The zero-order chi connectivity index (χ0) is 20.1. The molecule has 1 aliphatic heterocycles. The molecule has 1 saturated heterocycles. The summed E-state index contributed by atoms with van der Waals surface area (Å²) in [5, 5.41) is 2.97. The highest BCUT2D eigenvalue weighted by Crippen LogP contribution is 2.39. The van der Waals surface area contributed by atoms with Gasteiger partial charge in [0.15, 0.2) is 0 Å². The van der Waals surface area contributed by atoms with Gasteiger partial charge in [0.2, 0.25) is 0 Å². The lowest BCUT2D eigenvalue weighted by Gasteiger charge is -2.31. The number of piperidine rings is 1. The van der Waals surface area contributed by atoms with E-state index in [9.17, 15) is 9.59 Å². The second kappa shape index (κ2) is 9.07. The van der Waals surface area contributed by atoms with Gasteiger partial charge >= 0.3 is 6.09 Å². The number of aromatic nitrogens is 1. The summed E-state index contributed by atoms with van der Waals surface area (Å²) in [5.74, 6) is 1.03. The molecule has 0 spiro atoms. The molecule has 2 aliphatic rings. The summed E-state index contributed by atoms with van der Waals surface area (Å²) in [5.41, 5.74) is 3.03. The van der Waals surface area contributed by atoms with Crippen molar-refractivity contribution in [2.24, 2.45) is 5.92 Å². The van der Waals surface area contributed by atoms with E-state index in [0.29, 0.717) is 37.7 Å². The number of rotatable bonds is 6. The Morgan fingerprint density at radius 3 is 2.34 bits per heavy atom. The Balaban J connectivity index is 1.16. The molecule has 0 bridgehead atoms. The fourth-order valence-electron chi connectivity index (χ4n) is 3.70. The first-order valence-electron chi connectivity index (χ1n) is 10.4. The second-order valence-electron chi connectivity index (χ2n) is 7.95. The molecule has 1 aromatic carbocycles. The van der Waals surface area contributed by atoms with Crippen LogP contribution in [0, 0.1) is 5.92 Å². The summed E-state index contributed by atoms with van der Waals surface area (Å²) in [4.78, 5) is 30.1. The number of amides is 2. The minimum Gasteiger partial charge on any atom is -0.445 e. The predicted molar refractivity (Wildman–Crippen MR) is 109 cm³/mol. The molecule has 29 heavy (non-hydrogen) atoms. The zero-order valence-corrected chi connectivity index (χ0v) is 16.5. The van der Waals surface area contributed by atoms with Crippen LogP contribution in [-0.4, -0.2) is 41.5 Å². The van der Waals surface area contributed by atoms with Gasteiger partial charge in [-0.15, -0.1) is 0 Å². The second-order valence-corrected chi connectivity index (χ2v) is 7.95. The first kappa shape index (κ1) is 19.4. The average molecular weight is 393 g/mol. The van der Waals surface area contributed by atoms with Crippen LogP contribution in [0.15, 0.2) is 48.8 Å². The van der Waals surface area contributed by atoms with Gasteiger partial charge < -0.3 is 15.0 Å². The first-order chi connectivity index (χ1) is 14.2. The van der Waals surface area contributed by atoms with E-state index in [1.807, 2.05) is 0 Å². The number of nitrogens with zero attached hydrogens (tertiary/aromatic N) is 2. The van der Waals surface area contributed by atoms with Crippen molar-refractivity contribution < 1.29 is 14.3 Å². The van der Waals surface area contributed by atoms with E-state index >= 15 is 0 Å². The molecule has 0 atom stereocenters. The number of hydrogen-bond acceptors (Lipinski definition) is 4. The van der Waals surface area contributed by atoms with Crippen molar-refractivity contribution in [2.75, 3.05) is 19.6 Å². The van der Waals surface area contributed by atoms with Crippen LogP contribution in [0.3, 0.4) is 0 Å². The standard InChI is InChI=1S/C23H27N3O3/c27-22(21-7-11-24-12-8-21)25-15-17-9-13-26(14-10-17)23(28)29-16-18-1-3-19(4-2-18)20-5-6-20/h1-4,7-8,11-12,17,20H,5-6,9-10,13-16H2,(H,25,27). The first-order valence-corrected chi connectivity index (χ1v) is 10.4. The minimum absolute atomic E-state index is 0.0815. The molecule has 1 aromatic heterocycles. The number of hydrogen-bond donors (Lipinski definition) is 1. The number of ether oxygens (including phenoxy) is 1. The van der Waals surface area contributed by atoms with Gasteiger partial charge in [-0.3, -0.25) is 9.78 Å². The number of carbonyl (C=O) groups is 2. The summed E-state index contributed by atoms with van der Waals surface area (Å²) in [6.45, 7) is 2.26. The molecule has 152 valence electrons. The Labute approximate surface area is 171 Å². The van der Waals surface area contributed by atoms with E-state index in [1.54, 1.807) is 29.4 Å². The number of benzene rings is 1. The van der Waals surface area contributed by atoms with E-state index in [0.717, 1.165) is 24.3 Å². The Bertz CT molecular complexity index is 826. The van der Waals surface area contributed by atoms with Crippen LogP contribution in [-0.2, 0) is 11.3 Å². The number of nitrogens with one attached hydrogen (secondary N) is 1.